The molecule has 0 aliphatic heterocycles. The summed E-state index contributed by atoms with van der Waals surface area (Å²) in [5.41, 5.74) is 8.92. The third-order valence-corrected chi connectivity index (χ3v) is 2.26. The Labute approximate surface area is 112 Å². The van der Waals surface area contributed by atoms with Gasteiger partial charge in [0.2, 0.25) is 0 Å². The third-order valence-electron chi connectivity index (χ3n) is 2.26. The maximum atomic E-state index is 8.14. The summed E-state index contributed by atoms with van der Waals surface area (Å²) in [5, 5.41) is 11.0. The predicted molar refractivity (Wildman–Crippen MR) is 75.2 cm³/mol. The van der Waals surface area contributed by atoms with Gasteiger partial charge in [-0.05, 0) is 38.1 Å². The topological polar surface area (TPSA) is 84.4 Å². The average molecular weight is 258 g/mol. The van der Waals surface area contributed by atoms with Gasteiger partial charge in [-0.1, -0.05) is 17.3 Å². The summed E-state index contributed by atoms with van der Waals surface area (Å²) in [6.07, 6.45) is 1.30. The Bertz CT molecular complexity index is 540. The van der Waals surface area contributed by atoms with Crippen molar-refractivity contribution in [2.24, 2.45) is 10.9 Å². The molecule has 2 rings (SSSR count). The summed E-state index contributed by atoms with van der Waals surface area (Å²) in [4.78, 5) is 8.22. The molecule has 0 amide bonds. The molecule has 0 unspecified atom stereocenters. The van der Waals surface area contributed by atoms with E-state index < -0.39 is 0 Å². The van der Waals surface area contributed by atoms with Gasteiger partial charge in [0.25, 0.3) is 0 Å². The highest BCUT2D eigenvalue weighted by Gasteiger charge is 1.88. The van der Waals surface area contributed by atoms with Gasteiger partial charge in [0.15, 0.2) is 0 Å². The van der Waals surface area contributed by atoms with Crippen LogP contribution in [0.25, 0.3) is 0 Å². The van der Waals surface area contributed by atoms with Gasteiger partial charge < -0.3 is 10.9 Å². The van der Waals surface area contributed by atoms with Crippen LogP contribution in [0.15, 0.2) is 41.6 Å². The minimum atomic E-state index is 0.529. The highest BCUT2D eigenvalue weighted by atomic mass is 16.4. The van der Waals surface area contributed by atoms with Crippen molar-refractivity contribution in [3.63, 3.8) is 0 Å². The summed E-state index contributed by atoms with van der Waals surface area (Å²) in [5.74, 6) is 0. The van der Waals surface area contributed by atoms with Gasteiger partial charge in [-0.15, -0.1) is 0 Å². The first-order valence-electron chi connectivity index (χ1n) is 5.89. The van der Waals surface area contributed by atoms with Crippen molar-refractivity contribution in [1.29, 1.82) is 0 Å². The molecule has 2 heterocycles. The van der Waals surface area contributed by atoms with Crippen molar-refractivity contribution < 1.29 is 5.21 Å². The molecule has 19 heavy (non-hydrogen) atoms. The maximum absolute atomic E-state index is 8.14. The van der Waals surface area contributed by atoms with Crippen LogP contribution < -0.4 is 5.73 Å². The van der Waals surface area contributed by atoms with Crippen LogP contribution in [-0.2, 0) is 6.54 Å². The molecule has 0 aliphatic carbocycles. The van der Waals surface area contributed by atoms with E-state index in [1.54, 1.807) is 6.07 Å². The molecule has 0 atom stereocenters. The predicted octanol–water partition coefficient (Wildman–Crippen LogP) is 2.05. The van der Waals surface area contributed by atoms with Crippen LogP contribution in [0.4, 0.5) is 0 Å². The van der Waals surface area contributed by atoms with E-state index in [0.29, 0.717) is 12.2 Å². The van der Waals surface area contributed by atoms with Crippen LogP contribution in [0, 0.1) is 13.8 Å². The minimum Gasteiger partial charge on any atom is -0.411 e. The Morgan fingerprint density at radius 1 is 1.11 bits per heavy atom. The molecule has 0 spiro atoms. The lowest BCUT2D eigenvalue weighted by atomic mass is 10.3. The number of nitrogens with two attached hydrogens (primary N) is 1. The molecule has 0 aliphatic rings. The second kappa shape index (κ2) is 7.94. The monoisotopic (exact) mass is 258 g/mol. The minimum absolute atomic E-state index is 0.529. The van der Waals surface area contributed by atoms with Crippen LogP contribution in [-0.4, -0.2) is 21.4 Å². The molecule has 100 valence electrons. The zero-order valence-corrected chi connectivity index (χ0v) is 11.1. The van der Waals surface area contributed by atoms with Gasteiger partial charge in [0.05, 0.1) is 17.6 Å². The van der Waals surface area contributed by atoms with Gasteiger partial charge in [-0.3, -0.25) is 9.97 Å². The largest absolute Gasteiger partial charge is 0.411 e. The van der Waals surface area contributed by atoms with Crippen LogP contribution in [0.2, 0.25) is 0 Å². The smallest absolute Gasteiger partial charge is 0.0918 e. The molecule has 5 nitrogen and oxygen atoms in total. The van der Waals surface area contributed by atoms with Crippen molar-refractivity contribution in [3.05, 3.63) is 59.2 Å². The lowest BCUT2D eigenvalue weighted by molar-refractivity contribution is 0.321. The fraction of sp³-hybridized carbons (Fsp3) is 0.214. The van der Waals surface area contributed by atoms with Crippen LogP contribution in [0.5, 0.6) is 0 Å². The average Bonchev–Trinajstić information content (AvgIpc) is 2.40. The normalized spacial score (nSPS) is 10.1. The molecule has 0 fully saturated rings. The molecule has 0 saturated heterocycles. The first kappa shape index (κ1) is 14.8. The molecule has 2 aromatic heterocycles. The fourth-order valence-electron chi connectivity index (χ4n) is 1.41. The van der Waals surface area contributed by atoms with Gasteiger partial charge in [-0.25, -0.2) is 0 Å². The molecular formula is C14H18N4O. The molecule has 0 aromatic carbocycles. The van der Waals surface area contributed by atoms with Crippen molar-refractivity contribution in [2.75, 3.05) is 0 Å². The Balaban J connectivity index is 0.000000191. The third kappa shape index (κ3) is 5.74. The summed E-state index contributed by atoms with van der Waals surface area (Å²) in [6, 6.07) is 11.4. The van der Waals surface area contributed by atoms with Gasteiger partial charge in [0.1, 0.15) is 0 Å². The van der Waals surface area contributed by atoms with Gasteiger partial charge >= 0.3 is 0 Å². The first-order valence-corrected chi connectivity index (χ1v) is 5.89. The molecular weight excluding hydrogens is 240 g/mol. The van der Waals surface area contributed by atoms with E-state index in [4.69, 9.17) is 10.9 Å². The second-order valence-electron chi connectivity index (χ2n) is 3.92. The lowest BCUT2D eigenvalue weighted by Crippen LogP contribution is -1.99. The maximum Gasteiger partial charge on any atom is 0.0918 e. The zero-order valence-electron chi connectivity index (χ0n) is 11.1. The number of hydrogen-bond donors (Lipinski definition) is 2. The Morgan fingerprint density at radius 3 is 2.21 bits per heavy atom. The number of aromatic nitrogens is 2. The SMILES string of the molecule is Cc1cccc(/C=N/O)n1.Cc1cccc(CN)n1. The van der Waals surface area contributed by atoms with E-state index in [-0.39, 0.29) is 0 Å². The highest BCUT2D eigenvalue weighted by molar-refractivity contribution is 5.76. The Morgan fingerprint density at radius 2 is 1.74 bits per heavy atom. The number of nitrogens with zero attached hydrogens (tertiary/aromatic N) is 3. The summed E-state index contributed by atoms with van der Waals surface area (Å²) in [6.45, 7) is 4.37. The molecule has 5 heteroatoms. The number of oxime groups is 1. The number of hydrogen-bond acceptors (Lipinski definition) is 5. The molecule has 0 saturated carbocycles. The highest BCUT2D eigenvalue weighted by Crippen LogP contribution is 1.95. The summed E-state index contributed by atoms with van der Waals surface area (Å²) < 4.78 is 0. The summed E-state index contributed by atoms with van der Waals surface area (Å²) in [7, 11) is 0. The number of rotatable bonds is 2. The number of aryl methyl sites for hydroxylation is 2. The molecule has 2 aromatic rings. The zero-order chi connectivity index (χ0) is 14.1. The Kier molecular flexibility index (Phi) is 6.18. The quantitative estimate of drug-likeness (QED) is 0.490. The van der Waals surface area contributed by atoms with Crippen molar-refractivity contribution >= 4 is 6.21 Å². The van der Waals surface area contributed by atoms with E-state index in [2.05, 4.69) is 15.1 Å². The van der Waals surface area contributed by atoms with Crippen LogP contribution in [0.1, 0.15) is 22.8 Å². The van der Waals surface area contributed by atoms with Crippen LogP contribution in [0.3, 0.4) is 0 Å². The van der Waals surface area contributed by atoms with E-state index in [1.165, 1.54) is 6.21 Å². The van der Waals surface area contributed by atoms with Crippen molar-refractivity contribution in [2.45, 2.75) is 20.4 Å². The molecule has 0 radical (unpaired) electrons. The van der Waals surface area contributed by atoms with Crippen molar-refractivity contribution in [3.8, 4) is 0 Å². The van der Waals surface area contributed by atoms with E-state index in [9.17, 15) is 0 Å². The second-order valence-corrected chi connectivity index (χ2v) is 3.92. The van der Waals surface area contributed by atoms with E-state index in [0.717, 1.165) is 17.1 Å². The standard InChI is InChI=1S/C7H8N2O.C7H10N2/c1-6-3-2-4-7(9-6)5-8-10;1-6-3-2-4-7(5-8)9-6/h2-5,10H,1H3;2-4H,5,8H2,1H3/b8-5+;. The lowest BCUT2D eigenvalue weighted by Gasteiger charge is -1.94. The Hall–Kier alpha value is -2.27. The molecule has 0 bridgehead atoms. The number of pyridine rings is 2. The van der Waals surface area contributed by atoms with E-state index in [1.807, 2.05) is 44.2 Å². The first-order chi connectivity index (χ1) is 9.15. The van der Waals surface area contributed by atoms with Crippen LogP contribution >= 0.6 is 0 Å². The van der Waals surface area contributed by atoms with Gasteiger partial charge in [-0.2, -0.15) is 0 Å². The fourth-order valence-corrected chi connectivity index (χ4v) is 1.41. The van der Waals surface area contributed by atoms with Gasteiger partial charge in [0, 0.05) is 17.9 Å². The van der Waals surface area contributed by atoms with E-state index >= 15 is 0 Å². The summed E-state index contributed by atoms with van der Waals surface area (Å²) >= 11 is 0. The van der Waals surface area contributed by atoms with Crippen molar-refractivity contribution in [1.82, 2.24) is 9.97 Å². The molecule has 3 N–H and O–H groups in total.